The molecule has 2 aliphatic heterocycles. The summed E-state index contributed by atoms with van der Waals surface area (Å²) in [6, 6.07) is 13.6. The number of methoxy groups -OCH3 is 1. The van der Waals surface area contributed by atoms with Gasteiger partial charge in [-0.05, 0) is 24.3 Å². The van der Waals surface area contributed by atoms with Gasteiger partial charge in [0, 0.05) is 48.7 Å². The molecule has 0 saturated carbocycles. The summed E-state index contributed by atoms with van der Waals surface area (Å²) in [7, 11) is 1.70. The topological polar surface area (TPSA) is 93.5 Å². The maximum absolute atomic E-state index is 12.8. The van der Waals surface area contributed by atoms with Crippen molar-refractivity contribution in [2.45, 2.75) is 31.6 Å². The second-order valence-corrected chi connectivity index (χ2v) is 9.22. The highest BCUT2D eigenvalue weighted by Crippen LogP contribution is 2.34. The van der Waals surface area contributed by atoms with Crippen LogP contribution in [0.15, 0.2) is 48.7 Å². The molecule has 0 spiro atoms. The lowest BCUT2D eigenvalue weighted by Gasteiger charge is -2.36. The van der Waals surface area contributed by atoms with Crippen LogP contribution in [0.3, 0.4) is 0 Å². The molecule has 0 radical (unpaired) electrons. The van der Waals surface area contributed by atoms with Crippen molar-refractivity contribution in [2.75, 3.05) is 33.4 Å². The number of amides is 1. The highest BCUT2D eigenvalue weighted by molar-refractivity contribution is 6.30. The average Bonchev–Trinajstić information content (AvgIpc) is 3.31. The predicted octanol–water partition coefficient (Wildman–Crippen LogP) is 2.73. The van der Waals surface area contributed by atoms with Crippen molar-refractivity contribution in [3.05, 3.63) is 70.5 Å². The van der Waals surface area contributed by atoms with Gasteiger partial charge in [0.1, 0.15) is 18.0 Å². The number of rotatable bonds is 7. The minimum absolute atomic E-state index is 0.0950. The summed E-state index contributed by atoms with van der Waals surface area (Å²) >= 11 is 6.15. The van der Waals surface area contributed by atoms with Gasteiger partial charge in [0.2, 0.25) is 5.91 Å². The summed E-state index contributed by atoms with van der Waals surface area (Å²) in [5.74, 6) is 1.51. The van der Waals surface area contributed by atoms with Crippen molar-refractivity contribution in [3.8, 4) is 11.5 Å². The van der Waals surface area contributed by atoms with Crippen molar-refractivity contribution in [3.63, 3.8) is 0 Å². The number of aromatic nitrogens is 3. The maximum atomic E-state index is 12.8. The molecule has 0 aliphatic carbocycles. The number of hydrogen-bond acceptors (Lipinski definition) is 7. The Balaban J connectivity index is 1.22. The van der Waals surface area contributed by atoms with E-state index in [9.17, 15) is 4.79 Å². The summed E-state index contributed by atoms with van der Waals surface area (Å²) < 4.78 is 12.9. The first-order valence-corrected chi connectivity index (χ1v) is 12.2. The number of fused-ring (bicyclic) bond motifs is 1. The van der Waals surface area contributed by atoms with Crippen LogP contribution < -0.4 is 20.1 Å². The molecule has 2 unspecified atom stereocenters. The zero-order valence-corrected chi connectivity index (χ0v) is 20.4. The number of ether oxygens (including phenoxy) is 2. The number of nitrogens with one attached hydrogen (secondary N) is 2. The second-order valence-electron chi connectivity index (χ2n) is 8.78. The first-order chi connectivity index (χ1) is 17.1. The van der Waals surface area contributed by atoms with Crippen molar-refractivity contribution in [1.82, 2.24) is 30.5 Å². The molecule has 1 saturated heterocycles. The van der Waals surface area contributed by atoms with E-state index in [1.54, 1.807) is 17.9 Å². The van der Waals surface area contributed by atoms with Gasteiger partial charge in [-0.3, -0.25) is 9.69 Å². The third-order valence-corrected chi connectivity index (χ3v) is 6.69. The van der Waals surface area contributed by atoms with Crippen LogP contribution in [0.5, 0.6) is 11.5 Å². The number of benzene rings is 2. The van der Waals surface area contributed by atoms with Gasteiger partial charge >= 0.3 is 0 Å². The Morgan fingerprint density at radius 2 is 2.17 bits per heavy atom. The minimum Gasteiger partial charge on any atom is -0.496 e. The molecule has 2 atom stereocenters. The van der Waals surface area contributed by atoms with E-state index in [1.165, 1.54) is 0 Å². The van der Waals surface area contributed by atoms with Gasteiger partial charge in [-0.15, -0.1) is 5.10 Å². The van der Waals surface area contributed by atoms with Crippen LogP contribution >= 0.6 is 11.6 Å². The van der Waals surface area contributed by atoms with Crippen LogP contribution in [0, 0.1) is 0 Å². The average molecular weight is 497 g/mol. The molecule has 9 nitrogen and oxygen atoms in total. The number of halogens is 1. The third kappa shape index (κ3) is 5.42. The zero-order valence-electron chi connectivity index (χ0n) is 19.6. The number of piperazine rings is 1. The van der Waals surface area contributed by atoms with Gasteiger partial charge in [0.05, 0.1) is 37.7 Å². The van der Waals surface area contributed by atoms with Crippen LogP contribution in [-0.2, 0) is 17.9 Å². The van der Waals surface area contributed by atoms with Gasteiger partial charge < -0.3 is 20.1 Å². The molecule has 35 heavy (non-hydrogen) atoms. The van der Waals surface area contributed by atoms with Crippen LogP contribution in [0.1, 0.15) is 35.3 Å². The van der Waals surface area contributed by atoms with E-state index < -0.39 is 0 Å². The van der Waals surface area contributed by atoms with E-state index in [0.717, 1.165) is 48.0 Å². The Bertz CT molecular complexity index is 1190. The SMILES string of the molecule is COc1ccccc1C1CNCCN1Cc1cn(CC(=O)NC2CCOc3ccc(Cl)cc32)nn1. The number of carbonyl (C=O) groups is 1. The molecule has 0 bridgehead atoms. The van der Waals surface area contributed by atoms with Crippen molar-refractivity contribution in [1.29, 1.82) is 0 Å². The lowest BCUT2D eigenvalue weighted by Crippen LogP contribution is -2.45. The standard InChI is InChI=1S/C25H29ClN6O3/c1-34-23-5-3-2-4-19(23)22-13-27-9-10-31(22)14-18-15-32(30-29-18)16-25(33)28-21-8-11-35-24-7-6-17(26)12-20(21)24/h2-7,12,15,21-22,27H,8-11,13-14,16H2,1H3,(H,28,33). The second kappa shape index (κ2) is 10.6. The van der Waals surface area contributed by atoms with Crippen molar-refractivity contribution >= 4 is 17.5 Å². The van der Waals surface area contributed by atoms with E-state index in [1.807, 2.05) is 36.5 Å². The van der Waals surface area contributed by atoms with Crippen LogP contribution in [-0.4, -0.2) is 59.2 Å². The Kier molecular flexibility index (Phi) is 7.17. The molecule has 2 aromatic carbocycles. The van der Waals surface area contributed by atoms with Crippen LogP contribution in [0.2, 0.25) is 5.02 Å². The third-order valence-electron chi connectivity index (χ3n) is 6.46. The van der Waals surface area contributed by atoms with E-state index in [0.29, 0.717) is 24.6 Å². The Morgan fingerprint density at radius 1 is 1.29 bits per heavy atom. The van der Waals surface area contributed by atoms with Crippen molar-refractivity contribution in [2.24, 2.45) is 0 Å². The first-order valence-electron chi connectivity index (χ1n) is 11.8. The van der Waals surface area contributed by atoms with Gasteiger partial charge in [0.25, 0.3) is 0 Å². The summed E-state index contributed by atoms with van der Waals surface area (Å²) in [5, 5.41) is 15.7. The smallest absolute Gasteiger partial charge is 0.242 e. The molecule has 5 rings (SSSR count). The molecule has 10 heteroatoms. The molecule has 1 fully saturated rings. The summed E-state index contributed by atoms with van der Waals surface area (Å²) in [5.41, 5.74) is 2.87. The fourth-order valence-electron chi connectivity index (χ4n) is 4.78. The number of carbonyl (C=O) groups excluding carboxylic acids is 1. The molecule has 3 heterocycles. The molecule has 2 N–H and O–H groups in total. The first kappa shape index (κ1) is 23.6. The fraction of sp³-hybridized carbons (Fsp3) is 0.400. The van der Waals surface area contributed by atoms with Gasteiger partial charge in [-0.25, -0.2) is 4.68 Å². The zero-order chi connectivity index (χ0) is 24.2. The van der Waals surface area contributed by atoms with E-state index in [4.69, 9.17) is 21.1 Å². The normalized spacial score (nSPS) is 20.1. The maximum Gasteiger partial charge on any atom is 0.242 e. The highest BCUT2D eigenvalue weighted by atomic mass is 35.5. The molecular weight excluding hydrogens is 468 g/mol. The van der Waals surface area contributed by atoms with Gasteiger partial charge in [0.15, 0.2) is 0 Å². The Labute approximate surface area is 209 Å². The van der Waals surface area contributed by atoms with Crippen LogP contribution in [0.4, 0.5) is 0 Å². The van der Waals surface area contributed by atoms with E-state index in [-0.39, 0.29) is 24.5 Å². The lowest BCUT2D eigenvalue weighted by atomic mass is 10.0. The lowest BCUT2D eigenvalue weighted by molar-refractivity contribution is -0.122. The molecule has 1 aromatic heterocycles. The molecule has 1 amide bonds. The summed E-state index contributed by atoms with van der Waals surface area (Å²) in [6.45, 7) is 3.88. The van der Waals surface area contributed by atoms with Crippen LogP contribution in [0.25, 0.3) is 0 Å². The molecule has 3 aromatic rings. The Morgan fingerprint density at radius 3 is 3.06 bits per heavy atom. The van der Waals surface area contributed by atoms with Crippen molar-refractivity contribution < 1.29 is 14.3 Å². The molecule has 184 valence electrons. The monoisotopic (exact) mass is 496 g/mol. The number of para-hydroxylation sites is 1. The van der Waals surface area contributed by atoms with E-state index >= 15 is 0 Å². The number of nitrogens with zero attached hydrogens (tertiary/aromatic N) is 4. The predicted molar refractivity (Wildman–Crippen MR) is 131 cm³/mol. The van der Waals surface area contributed by atoms with Gasteiger partial charge in [-0.2, -0.15) is 0 Å². The summed E-state index contributed by atoms with van der Waals surface area (Å²) in [6.07, 6.45) is 2.53. The molecule has 2 aliphatic rings. The quantitative estimate of drug-likeness (QED) is 0.519. The van der Waals surface area contributed by atoms with Gasteiger partial charge in [-0.1, -0.05) is 35.0 Å². The Hall–Kier alpha value is -3.14. The van der Waals surface area contributed by atoms with E-state index in [2.05, 4.69) is 31.9 Å². The minimum atomic E-state index is -0.143. The molecular formula is C25H29ClN6O3. The number of hydrogen-bond donors (Lipinski definition) is 2. The summed E-state index contributed by atoms with van der Waals surface area (Å²) in [4.78, 5) is 15.1. The highest BCUT2D eigenvalue weighted by Gasteiger charge is 2.27. The fourth-order valence-corrected chi connectivity index (χ4v) is 4.96. The largest absolute Gasteiger partial charge is 0.496 e.